The van der Waals surface area contributed by atoms with E-state index in [9.17, 15) is 0 Å². The highest BCUT2D eigenvalue weighted by atomic mass is 127. The molecule has 0 aliphatic heterocycles. The van der Waals surface area contributed by atoms with Gasteiger partial charge in [-0.15, -0.1) is 24.0 Å². The second kappa shape index (κ2) is 11.5. The van der Waals surface area contributed by atoms with Gasteiger partial charge in [0.1, 0.15) is 0 Å². The van der Waals surface area contributed by atoms with Crippen LogP contribution in [0.3, 0.4) is 0 Å². The Morgan fingerprint density at radius 2 is 1.88 bits per heavy atom. The van der Waals surface area contributed by atoms with Crippen molar-refractivity contribution in [3.05, 3.63) is 23.8 Å². The molecule has 1 aliphatic rings. The molecule has 0 aromatic heterocycles. The molecule has 1 saturated carbocycles. The monoisotopic (exact) mass is 475 g/mol. The lowest BCUT2D eigenvalue weighted by Gasteiger charge is -2.21. The van der Waals surface area contributed by atoms with Gasteiger partial charge in [0.15, 0.2) is 17.5 Å². The standard InChI is InChI=1S/C20H33N3O2.HI/c1-14(2)15(3)23-20(21-4)22-13-16-10-11-18(19(12-16)24-5)25-17-8-6-7-9-17;/h10-12,14-15,17H,6-9,13H2,1-5H3,(H2,21,22,23);1H. The van der Waals surface area contributed by atoms with E-state index >= 15 is 0 Å². The van der Waals surface area contributed by atoms with Crippen molar-refractivity contribution in [2.45, 2.75) is 65.1 Å². The zero-order valence-electron chi connectivity index (χ0n) is 16.7. The van der Waals surface area contributed by atoms with Crippen molar-refractivity contribution in [2.75, 3.05) is 14.2 Å². The first-order valence-electron chi connectivity index (χ1n) is 9.34. The Bertz CT molecular complexity index is 572. The van der Waals surface area contributed by atoms with Crippen LogP contribution in [-0.2, 0) is 6.54 Å². The third-order valence-electron chi connectivity index (χ3n) is 4.87. The predicted octanol–water partition coefficient (Wildman–Crippen LogP) is 4.34. The number of nitrogens with one attached hydrogen (secondary N) is 2. The molecule has 2 N–H and O–H groups in total. The molecule has 0 amide bonds. The van der Waals surface area contributed by atoms with E-state index in [0.717, 1.165) is 35.9 Å². The number of benzene rings is 1. The van der Waals surface area contributed by atoms with Crippen LogP contribution in [0.4, 0.5) is 0 Å². The van der Waals surface area contributed by atoms with Crippen molar-refractivity contribution in [1.82, 2.24) is 10.6 Å². The van der Waals surface area contributed by atoms with Crippen LogP contribution in [0.25, 0.3) is 0 Å². The molecule has 1 aliphatic carbocycles. The number of nitrogens with zero attached hydrogens (tertiary/aromatic N) is 1. The SMILES string of the molecule is CN=C(NCc1ccc(OC2CCCC2)c(OC)c1)NC(C)C(C)C.I. The third-order valence-corrected chi connectivity index (χ3v) is 4.87. The average Bonchev–Trinajstić information content (AvgIpc) is 3.12. The summed E-state index contributed by atoms with van der Waals surface area (Å²) in [5, 5.41) is 6.77. The lowest BCUT2D eigenvalue weighted by atomic mass is 10.1. The van der Waals surface area contributed by atoms with Crippen LogP contribution in [0, 0.1) is 5.92 Å². The van der Waals surface area contributed by atoms with Gasteiger partial charge in [-0.05, 0) is 56.2 Å². The largest absolute Gasteiger partial charge is 0.493 e. The molecule has 1 aromatic rings. The van der Waals surface area contributed by atoms with E-state index in [2.05, 4.69) is 42.5 Å². The minimum Gasteiger partial charge on any atom is -0.493 e. The summed E-state index contributed by atoms with van der Waals surface area (Å²) in [7, 11) is 3.49. The van der Waals surface area contributed by atoms with Gasteiger partial charge in [-0.3, -0.25) is 4.99 Å². The fraction of sp³-hybridized carbons (Fsp3) is 0.650. The molecular formula is C20H34IN3O2. The van der Waals surface area contributed by atoms with Gasteiger partial charge in [-0.25, -0.2) is 0 Å². The molecule has 0 bridgehead atoms. The van der Waals surface area contributed by atoms with Gasteiger partial charge in [-0.1, -0.05) is 19.9 Å². The maximum Gasteiger partial charge on any atom is 0.191 e. The average molecular weight is 475 g/mol. The second-order valence-corrected chi connectivity index (χ2v) is 7.11. The minimum atomic E-state index is 0. The van der Waals surface area contributed by atoms with Crippen molar-refractivity contribution >= 4 is 29.9 Å². The first kappa shape index (κ1) is 22.9. The number of hydrogen-bond donors (Lipinski definition) is 2. The Morgan fingerprint density at radius 1 is 1.19 bits per heavy atom. The summed E-state index contributed by atoms with van der Waals surface area (Å²) >= 11 is 0. The molecule has 1 aromatic carbocycles. The summed E-state index contributed by atoms with van der Waals surface area (Å²) in [5.74, 6) is 3.00. The van der Waals surface area contributed by atoms with E-state index < -0.39 is 0 Å². The lowest BCUT2D eigenvalue weighted by Crippen LogP contribution is -2.43. The molecule has 5 nitrogen and oxygen atoms in total. The fourth-order valence-corrected chi connectivity index (χ4v) is 2.87. The highest BCUT2D eigenvalue weighted by molar-refractivity contribution is 14.0. The van der Waals surface area contributed by atoms with Crippen molar-refractivity contribution in [2.24, 2.45) is 10.9 Å². The summed E-state index contributed by atoms with van der Waals surface area (Å²) in [6.45, 7) is 7.23. The molecule has 6 heteroatoms. The van der Waals surface area contributed by atoms with Crippen LogP contribution < -0.4 is 20.1 Å². The van der Waals surface area contributed by atoms with Crippen LogP contribution in [0.15, 0.2) is 23.2 Å². The Kier molecular flexibility index (Phi) is 10.1. The molecular weight excluding hydrogens is 441 g/mol. The van der Waals surface area contributed by atoms with Crippen LogP contribution in [0.2, 0.25) is 0 Å². The summed E-state index contributed by atoms with van der Waals surface area (Å²) in [4.78, 5) is 4.29. The molecule has 0 heterocycles. The van der Waals surface area contributed by atoms with Crippen LogP contribution in [0.1, 0.15) is 52.0 Å². The van der Waals surface area contributed by atoms with Crippen LogP contribution in [0.5, 0.6) is 11.5 Å². The molecule has 0 saturated heterocycles. The van der Waals surface area contributed by atoms with E-state index in [0.29, 0.717) is 24.6 Å². The number of guanidine groups is 1. The van der Waals surface area contributed by atoms with E-state index in [-0.39, 0.29) is 24.0 Å². The summed E-state index contributed by atoms with van der Waals surface area (Å²) < 4.78 is 11.6. The number of hydrogen-bond acceptors (Lipinski definition) is 3. The smallest absolute Gasteiger partial charge is 0.191 e. The molecule has 148 valence electrons. The van der Waals surface area contributed by atoms with Gasteiger partial charge in [0, 0.05) is 19.6 Å². The van der Waals surface area contributed by atoms with Gasteiger partial charge in [-0.2, -0.15) is 0 Å². The van der Waals surface area contributed by atoms with Gasteiger partial charge in [0.2, 0.25) is 0 Å². The minimum absolute atomic E-state index is 0. The highest BCUT2D eigenvalue weighted by Crippen LogP contribution is 2.32. The van der Waals surface area contributed by atoms with Gasteiger partial charge < -0.3 is 20.1 Å². The Labute approximate surface area is 175 Å². The Balaban J connectivity index is 0.00000338. The number of halogens is 1. The molecule has 0 radical (unpaired) electrons. The quantitative estimate of drug-likeness (QED) is 0.350. The summed E-state index contributed by atoms with van der Waals surface area (Å²) in [6.07, 6.45) is 5.13. The van der Waals surface area contributed by atoms with E-state index in [4.69, 9.17) is 9.47 Å². The number of aliphatic imine (C=N–C) groups is 1. The van der Waals surface area contributed by atoms with Crippen molar-refractivity contribution in [3.63, 3.8) is 0 Å². The Hall–Kier alpha value is -1.18. The first-order valence-corrected chi connectivity index (χ1v) is 9.34. The highest BCUT2D eigenvalue weighted by Gasteiger charge is 2.18. The molecule has 0 spiro atoms. The van der Waals surface area contributed by atoms with Gasteiger partial charge in [0.25, 0.3) is 0 Å². The summed E-state index contributed by atoms with van der Waals surface area (Å²) in [6, 6.07) is 6.50. The lowest BCUT2D eigenvalue weighted by molar-refractivity contribution is 0.200. The van der Waals surface area contributed by atoms with Crippen molar-refractivity contribution in [3.8, 4) is 11.5 Å². The molecule has 1 unspecified atom stereocenters. The number of rotatable bonds is 7. The topological polar surface area (TPSA) is 54.9 Å². The van der Waals surface area contributed by atoms with Crippen LogP contribution in [-0.4, -0.2) is 32.3 Å². The molecule has 1 fully saturated rings. The van der Waals surface area contributed by atoms with E-state index in [1.807, 2.05) is 12.1 Å². The normalized spacial score (nSPS) is 16.2. The van der Waals surface area contributed by atoms with Gasteiger partial charge in [0.05, 0.1) is 13.2 Å². The van der Waals surface area contributed by atoms with Crippen molar-refractivity contribution < 1.29 is 9.47 Å². The fourth-order valence-electron chi connectivity index (χ4n) is 2.87. The molecule has 2 rings (SSSR count). The second-order valence-electron chi connectivity index (χ2n) is 7.11. The number of methoxy groups -OCH3 is 1. The molecule has 1 atom stereocenters. The zero-order chi connectivity index (χ0) is 18.2. The van der Waals surface area contributed by atoms with Crippen molar-refractivity contribution in [1.29, 1.82) is 0 Å². The predicted molar refractivity (Wildman–Crippen MR) is 119 cm³/mol. The zero-order valence-corrected chi connectivity index (χ0v) is 19.0. The molecule has 26 heavy (non-hydrogen) atoms. The van der Waals surface area contributed by atoms with E-state index in [1.165, 1.54) is 12.8 Å². The maximum absolute atomic E-state index is 6.10. The van der Waals surface area contributed by atoms with E-state index in [1.54, 1.807) is 14.2 Å². The summed E-state index contributed by atoms with van der Waals surface area (Å²) in [5.41, 5.74) is 1.13. The van der Waals surface area contributed by atoms with Gasteiger partial charge >= 0.3 is 0 Å². The Morgan fingerprint density at radius 3 is 2.46 bits per heavy atom. The maximum atomic E-state index is 6.10. The number of ether oxygens (including phenoxy) is 2. The third kappa shape index (κ3) is 6.85. The first-order chi connectivity index (χ1) is 12.0. The van der Waals surface area contributed by atoms with Crippen LogP contribution >= 0.6 is 24.0 Å².